The van der Waals surface area contributed by atoms with Crippen LogP contribution in [0.1, 0.15) is 13.3 Å². The number of aryl methyl sites for hydroxylation is 1. The fraction of sp³-hybridized carbons (Fsp3) is 0.700. The minimum Gasteiger partial charge on any atom is -0.395 e. The Morgan fingerprint density at radius 1 is 1.67 bits per heavy atom. The molecule has 0 aliphatic rings. The largest absolute Gasteiger partial charge is 0.395 e. The number of aliphatic hydroxyl groups excluding tert-OH is 1. The van der Waals surface area contributed by atoms with Gasteiger partial charge in [-0.3, -0.25) is 0 Å². The van der Waals surface area contributed by atoms with Crippen LogP contribution in [0.5, 0.6) is 0 Å². The van der Waals surface area contributed by atoms with Crippen LogP contribution < -0.4 is 5.32 Å². The van der Waals surface area contributed by atoms with Gasteiger partial charge < -0.3 is 15.0 Å². The second kappa shape index (κ2) is 6.87. The fourth-order valence-electron chi connectivity index (χ4n) is 1.33. The quantitative estimate of drug-likeness (QED) is 0.681. The number of nitrogens with zero attached hydrogens (tertiary/aromatic N) is 2. The predicted octanol–water partition coefficient (Wildman–Crippen LogP) is 0.873. The van der Waals surface area contributed by atoms with E-state index >= 15 is 0 Å². The molecule has 1 rings (SSSR count). The molecule has 0 saturated heterocycles. The van der Waals surface area contributed by atoms with Crippen molar-refractivity contribution in [2.24, 2.45) is 7.05 Å². The summed E-state index contributed by atoms with van der Waals surface area (Å²) in [4.78, 5) is 4.23. The van der Waals surface area contributed by atoms with Gasteiger partial charge in [-0.25, -0.2) is 4.98 Å². The molecule has 86 valence electrons. The molecular formula is C10H19N3OS. The molecule has 0 radical (unpaired) electrons. The maximum Gasteiger partial charge on any atom is 0.167 e. The molecule has 0 aliphatic carbocycles. The SMILES string of the molecule is CCNC(CO)CCSc1nccn1C. The summed E-state index contributed by atoms with van der Waals surface area (Å²) < 4.78 is 2.01. The zero-order valence-corrected chi connectivity index (χ0v) is 10.1. The van der Waals surface area contributed by atoms with Crippen LogP contribution in [0.4, 0.5) is 0 Å². The van der Waals surface area contributed by atoms with Crippen molar-refractivity contribution in [1.82, 2.24) is 14.9 Å². The molecule has 1 heterocycles. The number of rotatable bonds is 7. The van der Waals surface area contributed by atoms with Crippen molar-refractivity contribution in [2.75, 3.05) is 18.9 Å². The molecule has 0 saturated carbocycles. The molecule has 4 nitrogen and oxygen atoms in total. The first-order valence-corrected chi connectivity index (χ1v) is 6.20. The van der Waals surface area contributed by atoms with Crippen LogP contribution in [0.25, 0.3) is 0 Å². The first kappa shape index (κ1) is 12.5. The molecule has 0 amide bonds. The lowest BCUT2D eigenvalue weighted by Gasteiger charge is -2.13. The summed E-state index contributed by atoms with van der Waals surface area (Å²) in [6.07, 6.45) is 4.70. The second-order valence-corrected chi connectivity index (χ2v) is 4.46. The van der Waals surface area contributed by atoms with Gasteiger partial charge in [-0.2, -0.15) is 0 Å². The minimum atomic E-state index is 0.203. The maximum absolute atomic E-state index is 9.08. The minimum absolute atomic E-state index is 0.203. The van der Waals surface area contributed by atoms with Crippen molar-refractivity contribution in [2.45, 2.75) is 24.5 Å². The molecular weight excluding hydrogens is 210 g/mol. The number of thioether (sulfide) groups is 1. The van der Waals surface area contributed by atoms with E-state index in [9.17, 15) is 0 Å². The fourth-order valence-corrected chi connectivity index (χ4v) is 2.31. The van der Waals surface area contributed by atoms with Crippen LogP contribution >= 0.6 is 11.8 Å². The molecule has 0 fully saturated rings. The van der Waals surface area contributed by atoms with Gasteiger partial charge >= 0.3 is 0 Å². The van der Waals surface area contributed by atoms with E-state index in [0.29, 0.717) is 0 Å². The Morgan fingerprint density at radius 2 is 2.47 bits per heavy atom. The van der Waals surface area contributed by atoms with Crippen LogP contribution in [-0.4, -0.2) is 39.6 Å². The summed E-state index contributed by atoms with van der Waals surface area (Å²) in [5.74, 6) is 0.975. The molecule has 0 bridgehead atoms. The van der Waals surface area contributed by atoms with Gasteiger partial charge in [0.2, 0.25) is 0 Å². The molecule has 5 heteroatoms. The molecule has 1 aromatic heterocycles. The van der Waals surface area contributed by atoms with Gasteiger partial charge in [-0.05, 0) is 13.0 Å². The van der Waals surface area contributed by atoms with E-state index in [2.05, 4.69) is 17.2 Å². The van der Waals surface area contributed by atoms with Gasteiger partial charge in [0.1, 0.15) is 0 Å². The number of aliphatic hydroxyl groups is 1. The van der Waals surface area contributed by atoms with Crippen molar-refractivity contribution < 1.29 is 5.11 Å². The molecule has 2 N–H and O–H groups in total. The molecule has 0 spiro atoms. The van der Waals surface area contributed by atoms with E-state index in [1.54, 1.807) is 18.0 Å². The highest BCUT2D eigenvalue weighted by molar-refractivity contribution is 7.99. The first-order valence-electron chi connectivity index (χ1n) is 5.22. The van der Waals surface area contributed by atoms with Crippen molar-refractivity contribution in [3.63, 3.8) is 0 Å². The van der Waals surface area contributed by atoms with Gasteiger partial charge in [-0.1, -0.05) is 18.7 Å². The summed E-state index contributed by atoms with van der Waals surface area (Å²) in [5.41, 5.74) is 0. The highest BCUT2D eigenvalue weighted by Gasteiger charge is 2.06. The van der Waals surface area contributed by atoms with Crippen LogP contribution in [-0.2, 0) is 7.05 Å². The second-order valence-electron chi connectivity index (χ2n) is 3.40. The summed E-state index contributed by atoms with van der Waals surface area (Å²) in [6.45, 7) is 3.15. The number of aromatic nitrogens is 2. The highest BCUT2D eigenvalue weighted by Crippen LogP contribution is 2.15. The van der Waals surface area contributed by atoms with E-state index in [1.807, 2.05) is 17.8 Å². The average Bonchev–Trinajstić information content (AvgIpc) is 2.63. The summed E-state index contributed by atoms with van der Waals surface area (Å²) in [7, 11) is 1.99. The Hall–Kier alpha value is -0.520. The lowest BCUT2D eigenvalue weighted by Crippen LogP contribution is -2.32. The monoisotopic (exact) mass is 229 g/mol. The third kappa shape index (κ3) is 4.24. The summed E-state index contributed by atoms with van der Waals surface area (Å²) >= 11 is 1.72. The van der Waals surface area contributed by atoms with E-state index in [-0.39, 0.29) is 12.6 Å². The van der Waals surface area contributed by atoms with E-state index in [4.69, 9.17) is 5.11 Å². The lowest BCUT2D eigenvalue weighted by molar-refractivity contribution is 0.241. The van der Waals surface area contributed by atoms with Crippen LogP contribution in [0.2, 0.25) is 0 Å². The average molecular weight is 229 g/mol. The molecule has 1 aromatic rings. The number of hydrogen-bond acceptors (Lipinski definition) is 4. The van der Waals surface area contributed by atoms with Crippen molar-refractivity contribution in [3.05, 3.63) is 12.4 Å². The standard InChI is InChI=1S/C10H19N3OS/c1-3-11-9(8-14)4-7-15-10-12-5-6-13(10)2/h5-6,9,11,14H,3-4,7-8H2,1-2H3. The van der Waals surface area contributed by atoms with Crippen molar-refractivity contribution >= 4 is 11.8 Å². The van der Waals surface area contributed by atoms with E-state index in [0.717, 1.165) is 23.9 Å². The summed E-state index contributed by atoms with van der Waals surface area (Å²) in [6, 6.07) is 0.211. The molecule has 0 aliphatic heterocycles. The number of nitrogens with one attached hydrogen (secondary N) is 1. The third-order valence-corrected chi connectivity index (χ3v) is 3.28. The van der Waals surface area contributed by atoms with Crippen LogP contribution in [0, 0.1) is 0 Å². The Labute approximate surface area is 95.1 Å². The topological polar surface area (TPSA) is 50.1 Å². The number of likely N-dealkylation sites (N-methyl/N-ethyl adjacent to an activating group) is 1. The van der Waals surface area contributed by atoms with Crippen LogP contribution in [0.15, 0.2) is 17.6 Å². The maximum atomic E-state index is 9.08. The summed E-state index contributed by atoms with van der Waals surface area (Å²) in [5, 5.41) is 13.3. The van der Waals surface area contributed by atoms with Gasteiger partial charge in [0.25, 0.3) is 0 Å². The zero-order valence-electron chi connectivity index (χ0n) is 9.31. The van der Waals surface area contributed by atoms with E-state index < -0.39 is 0 Å². The molecule has 1 unspecified atom stereocenters. The molecule has 1 atom stereocenters. The zero-order chi connectivity index (χ0) is 11.1. The number of hydrogen-bond donors (Lipinski definition) is 2. The van der Waals surface area contributed by atoms with Crippen LogP contribution in [0.3, 0.4) is 0 Å². The van der Waals surface area contributed by atoms with E-state index in [1.165, 1.54) is 0 Å². The van der Waals surface area contributed by atoms with Gasteiger partial charge in [-0.15, -0.1) is 0 Å². The third-order valence-electron chi connectivity index (χ3n) is 2.19. The predicted molar refractivity (Wildman–Crippen MR) is 63.1 cm³/mol. The first-order chi connectivity index (χ1) is 7.27. The highest BCUT2D eigenvalue weighted by atomic mass is 32.2. The Balaban J connectivity index is 2.23. The Kier molecular flexibility index (Phi) is 5.75. The smallest absolute Gasteiger partial charge is 0.167 e. The van der Waals surface area contributed by atoms with Crippen molar-refractivity contribution in [1.29, 1.82) is 0 Å². The Bertz CT molecular complexity index is 277. The lowest BCUT2D eigenvalue weighted by atomic mass is 10.2. The molecule has 15 heavy (non-hydrogen) atoms. The van der Waals surface area contributed by atoms with Gasteiger partial charge in [0, 0.05) is 31.2 Å². The number of imidazole rings is 1. The van der Waals surface area contributed by atoms with Crippen molar-refractivity contribution in [3.8, 4) is 0 Å². The van der Waals surface area contributed by atoms with Gasteiger partial charge in [0.15, 0.2) is 5.16 Å². The Morgan fingerprint density at radius 3 is 3.00 bits per heavy atom. The normalized spacial score (nSPS) is 13.0. The van der Waals surface area contributed by atoms with Gasteiger partial charge in [0.05, 0.1) is 6.61 Å². The molecule has 0 aromatic carbocycles.